The first-order valence-electron chi connectivity index (χ1n) is 6.92. The van der Waals surface area contributed by atoms with Crippen molar-refractivity contribution in [2.45, 2.75) is 31.7 Å². The number of carbonyl (C=O) groups is 3. The molecule has 112 valence electrons. The Kier molecular flexibility index (Phi) is 5.03. The summed E-state index contributed by atoms with van der Waals surface area (Å²) in [6.45, 7) is 0. The number of rotatable bonds is 4. The molecular formula is C15H18N2O4. The van der Waals surface area contributed by atoms with Gasteiger partial charge < -0.3 is 10.1 Å². The molecule has 2 rings (SSSR count). The maximum absolute atomic E-state index is 12.2. The number of Topliss-reactive ketones (excluding diaryl/α,β-unsaturated/α-hetero) is 1. The number of methoxy groups -OCH3 is 1. The average molecular weight is 290 g/mol. The fraction of sp³-hybridized carbons (Fsp3) is 0.467. The summed E-state index contributed by atoms with van der Waals surface area (Å²) in [5.74, 6) is -0.967. The number of ketones is 1. The maximum Gasteiger partial charge on any atom is 0.328 e. The summed E-state index contributed by atoms with van der Waals surface area (Å²) in [5.41, 5.74) is 0.418. The Balaban J connectivity index is 2.11. The highest BCUT2D eigenvalue weighted by Gasteiger charge is 2.34. The maximum atomic E-state index is 12.2. The van der Waals surface area contributed by atoms with Gasteiger partial charge in [-0.15, -0.1) is 0 Å². The van der Waals surface area contributed by atoms with Crippen molar-refractivity contribution >= 4 is 17.7 Å². The van der Waals surface area contributed by atoms with Crippen LogP contribution in [0.3, 0.4) is 0 Å². The summed E-state index contributed by atoms with van der Waals surface area (Å²) in [7, 11) is 1.28. The quantitative estimate of drug-likeness (QED) is 0.840. The van der Waals surface area contributed by atoms with Crippen LogP contribution in [0.5, 0.6) is 0 Å². The molecule has 2 atom stereocenters. The predicted molar refractivity (Wildman–Crippen MR) is 74.5 cm³/mol. The van der Waals surface area contributed by atoms with Gasteiger partial charge in [0.1, 0.15) is 11.8 Å². The Morgan fingerprint density at radius 3 is 2.71 bits per heavy atom. The molecule has 1 heterocycles. The molecule has 0 radical (unpaired) electrons. The van der Waals surface area contributed by atoms with Crippen LogP contribution in [0, 0.1) is 5.92 Å². The predicted octanol–water partition coefficient (Wildman–Crippen LogP) is 1.11. The molecule has 0 aromatic carbocycles. The van der Waals surface area contributed by atoms with Crippen molar-refractivity contribution in [2.24, 2.45) is 5.92 Å². The Bertz CT molecular complexity index is 530. The fourth-order valence-corrected chi connectivity index (χ4v) is 2.57. The van der Waals surface area contributed by atoms with Crippen LogP contribution in [0.2, 0.25) is 0 Å². The zero-order chi connectivity index (χ0) is 15.2. The number of amides is 1. The van der Waals surface area contributed by atoms with E-state index in [-0.39, 0.29) is 17.6 Å². The lowest BCUT2D eigenvalue weighted by Crippen LogP contribution is -2.48. The minimum absolute atomic E-state index is 0.123. The molecular weight excluding hydrogens is 272 g/mol. The summed E-state index contributed by atoms with van der Waals surface area (Å²) in [5, 5.41) is 2.68. The molecule has 0 aliphatic heterocycles. The molecule has 0 bridgehead atoms. The number of nitrogens with one attached hydrogen (secondary N) is 1. The minimum Gasteiger partial charge on any atom is -0.467 e. The van der Waals surface area contributed by atoms with Crippen molar-refractivity contribution in [2.75, 3.05) is 7.11 Å². The average Bonchev–Trinajstić information content (AvgIpc) is 2.52. The van der Waals surface area contributed by atoms with Crippen LogP contribution in [-0.2, 0) is 14.3 Å². The summed E-state index contributed by atoms with van der Waals surface area (Å²) in [6, 6.07) is 2.34. The molecule has 6 heteroatoms. The highest BCUT2D eigenvalue weighted by molar-refractivity contribution is 5.96. The van der Waals surface area contributed by atoms with E-state index in [1.54, 1.807) is 12.1 Å². The third-order valence-electron chi connectivity index (χ3n) is 3.68. The van der Waals surface area contributed by atoms with E-state index in [0.717, 1.165) is 12.8 Å². The number of carbonyl (C=O) groups excluding carboxylic acids is 3. The number of nitrogens with zero attached hydrogens (tertiary/aromatic N) is 1. The lowest BCUT2D eigenvalue weighted by atomic mass is 9.83. The van der Waals surface area contributed by atoms with Crippen LogP contribution in [0.25, 0.3) is 0 Å². The van der Waals surface area contributed by atoms with Crippen molar-refractivity contribution < 1.29 is 19.1 Å². The van der Waals surface area contributed by atoms with E-state index in [1.165, 1.54) is 19.5 Å². The van der Waals surface area contributed by atoms with Crippen LogP contribution in [0.4, 0.5) is 0 Å². The molecule has 1 aliphatic rings. The van der Waals surface area contributed by atoms with Gasteiger partial charge in [0.15, 0.2) is 0 Å². The third-order valence-corrected chi connectivity index (χ3v) is 3.68. The van der Waals surface area contributed by atoms with Crippen molar-refractivity contribution in [1.82, 2.24) is 10.3 Å². The van der Waals surface area contributed by atoms with Crippen LogP contribution < -0.4 is 5.32 Å². The van der Waals surface area contributed by atoms with E-state index in [2.05, 4.69) is 10.3 Å². The normalized spacial score (nSPS) is 19.7. The standard InChI is InChI=1S/C15H18N2O4/c1-21-15(20)13(11-3-2-4-12(18)9-11)17-14(19)10-5-7-16-8-6-10/h5-8,11,13H,2-4,9H2,1H3,(H,17,19)/t11-,13-/m0/s1. The highest BCUT2D eigenvalue weighted by Crippen LogP contribution is 2.25. The van der Waals surface area contributed by atoms with Gasteiger partial charge in [0.05, 0.1) is 7.11 Å². The van der Waals surface area contributed by atoms with E-state index >= 15 is 0 Å². The Morgan fingerprint density at radius 2 is 2.10 bits per heavy atom. The zero-order valence-electron chi connectivity index (χ0n) is 11.9. The van der Waals surface area contributed by atoms with Gasteiger partial charge in [-0.3, -0.25) is 14.6 Å². The van der Waals surface area contributed by atoms with E-state index in [4.69, 9.17) is 4.74 Å². The van der Waals surface area contributed by atoms with Gasteiger partial charge in [-0.25, -0.2) is 4.79 Å². The molecule has 6 nitrogen and oxygen atoms in total. The number of esters is 1. The highest BCUT2D eigenvalue weighted by atomic mass is 16.5. The van der Waals surface area contributed by atoms with Crippen LogP contribution in [-0.4, -0.2) is 35.8 Å². The van der Waals surface area contributed by atoms with Gasteiger partial charge in [-0.05, 0) is 30.9 Å². The Labute approximate surface area is 122 Å². The largest absolute Gasteiger partial charge is 0.467 e. The van der Waals surface area contributed by atoms with Gasteiger partial charge in [-0.1, -0.05) is 0 Å². The van der Waals surface area contributed by atoms with Crippen LogP contribution >= 0.6 is 0 Å². The van der Waals surface area contributed by atoms with Crippen LogP contribution in [0.15, 0.2) is 24.5 Å². The number of aromatic nitrogens is 1. The van der Waals surface area contributed by atoms with Crippen molar-refractivity contribution in [3.8, 4) is 0 Å². The lowest BCUT2D eigenvalue weighted by Gasteiger charge is -2.28. The molecule has 0 spiro atoms. The van der Waals surface area contributed by atoms with Gasteiger partial charge >= 0.3 is 5.97 Å². The molecule has 1 amide bonds. The lowest BCUT2D eigenvalue weighted by molar-refractivity contribution is -0.145. The van der Waals surface area contributed by atoms with Crippen molar-refractivity contribution in [3.63, 3.8) is 0 Å². The molecule has 0 saturated heterocycles. The molecule has 1 aromatic rings. The molecule has 1 aromatic heterocycles. The van der Waals surface area contributed by atoms with Gasteiger partial charge in [0.2, 0.25) is 0 Å². The first kappa shape index (κ1) is 15.2. The first-order valence-corrected chi connectivity index (χ1v) is 6.92. The van der Waals surface area contributed by atoms with E-state index < -0.39 is 12.0 Å². The molecule has 21 heavy (non-hydrogen) atoms. The zero-order valence-corrected chi connectivity index (χ0v) is 11.9. The van der Waals surface area contributed by atoms with Crippen molar-refractivity contribution in [3.05, 3.63) is 30.1 Å². The molecule has 1 N–H and O–H groups in total. The second-order valence-electron chi connectivity index (χ2n) is 5.11. The summed E-state index contributed by atoms with van der Waals surface area (Å²) in [4.78, 5) is 39.5. The molecule has 1 fully saturated rings. The van der Waals surface area contributed by atoms with Crippen molar-refractivity contribution in [1.29, 1.82) is 0 Å². The third kappa shape index (κ3) is 3.87. The second kappa shape index (κ2) is 6.97. The van der Waals surface area contributed by atoms with E-state index in [1.807, 2.05) is 0 Å². The van der Waals surface area contributed by atoms with Gasteiger partial charge in [-0.2, -0.15) is 0 Å². The number of hydrogen-bond acceptors (Lipinski definition) is 5. The van der Waals surface area contributed by atoms with E-state index in [0.29, 0.717) is 18.4 Å². The second-order valence-corrected chi connectivity index (χ2v) is 5.11. The SMILES string of the molecule is COC(=O)[C@@H](NC(=O)c1ccncc1)[C@H]1CCCC(=O)C1. The number of pyridine rings is 1. The summed E-state index contributed by atoms with van der Waals surface area (Å²) >= 11 is 0. The summed E-state index contributed by atoms with van der Waals surface area (Å²) in [6.07, 6.45) is 5.32. The van der Waals surface area contributed by atoms with Crippen LogP contribution in [0.1, 0.15) is 36.0 Å². The smallest absolute Gasteiger partial charge is 0.328 e. The Hall–Kier alpha value is -2.24. The monoisotopic (exact) mass is 290 g/mol. The molecule has 0 unspecified atom stereocenters. The first-order chi connectivity index (χ1) is 10.1. The van der Waals surface area contributed by atoms with E-state index in [9.17, 15) is 14.4 Å². The molecule has 1 aliphatic carbocycles. The number of ether oxygens (including phenoxy) is 1. The minimum atomic E-state index is -0.792. The number of hydrogen-bond donors (Lipinski definition) is 1. The van der Waals surface area contributed by atoms with Gasteiger partial charge in [0.25, 0.3) is 5.91 Å². The Morgan fingerprint density at radius 1 is 1.38 bits per heavy atom. The topological polar surface area (TPSA) is 85.4 Å². The summed E-state index contributed by atoms with van der Waals surface area (Å²) < 4.78 is 4.76. The fourth-order valence-electron chi connectivity index (χ4n) is 2.57. The van der Waals surface area contributed by atoms with Gasteiger partial charge in [0, 0.05) is 30.8 Å². The molecule has 1 saturated carbocycles.